The molecule has 0 radical (unpaired) electrons. The molecule has 0 saturated carbocycles. The topological polar surface area (TPSA) is 39.7 Å². The highest BCUT2D eigenvalue weighted by atomic mass is 35.5. The molecule has 1 N–H and O–H groups in total. The van der Waals surface area contributed by atoms with Crippen LogP contribution in [0.5, 0.6) is 17.2 Å². The van der Waals surface area contributed by atoms with Gasteiger partial charge < -0.3 is 19.5 Å². The van der Waals surface area contributed by atoms with Crippen molar-refractivity contribution in [2.75, 3.05) is 26.6 Å². The number of methoxy groups -OCH3 is 3. The van der Waals surface area contributed by atoms with Gasteiger partial charge in [0, 0.05) is 18.2 Å². The summed E-state index contributed by atoms with van der Waals surface area (Å²) in [6.45, 7) is 0.563. The average molecular weight is 308 g/mol. The molecular formula is C16H18ClNO3. The molecule has 5 heteroatoms. The molecule has 0 unspecified atom stereocenters. The summed E-state index contributed by atoms with van der Waals surface area (Å²) in [5.74, 6) is 2.03. The SMILES string of the molecule is COc1cc(OC)c(OC)cc1CNc1ccccc1Cl. The van der Waals surface area contributed by atoms with Crippen molar-refractivity contribution in [3.05, 3.63) is 47.0 Å². The Morgan fingerprint density at radius 1 is 0.905 bits per heavy atom. The van der Waals surface area contributed by atoms with Crippen LogP contribution in [0.4, 0.5) is 5.69 Å². The molecule has 112 valence electrons. The summed E-state index contributed by atoms with van der Waals surface area (Å²) in [5.41, 5.74) is 1.83. The zero-order chi connectivity index (χ0) is 15.2. The number of nitrogens with one attached hydrogen (secondary N) is 1. The van der Waals surface area contributed by atoms with Crippen LogP contribution in [0.1, 0.15) is 5.56 Å². The molecule has 0 aliphatic heterocycles. The highest BCUT2D eigenvalue weighted by Gasteiger charge is 2.12. The smallest absolute Gasteiger partial charge is 0.164 e. The second-order valence-electron chi connectivity index (χ2n) is 4.35. The van der Waals surface area contributed by atoms with E-state index in [-0.39, 0.29) is 0 Å². The molecule has 2 aromatic rings. The minimum atomic E-state index is 0.563. The van der Waals surface area contributed by atoms with Crippen LogP contribution in [0.2, 0.25) is 5.02 Å². The number of hydrogen-bond acceptors (Lipinski definition) is 4. The Morgan fingerprint density at radius 3 is 2.14 bits per heavy atom. The van der Waals surface area contributed by atoms with Crippen LogP contribution in [0.25, 0.3) is 0 Å². The molecular weight excluding hydrogens is 290 g/mol. The van der Waals surface area contributed by atoms with Gasteiger partial charge in [0.15, 0.2) is 11.5 Å². The van der Waals surface area contributed by atoms with Crippen LogP contribution >= 0.6 is 11.6 Å². The summed E-state index contributed by atoms with van der Waals surface area (Å²) in [5, 5.41) is 3.96. The molecule has 0 fully saturated rings. The average Bonchev–Trinajstić information content (AvgIpc) is 2.53. The quantitative estimate of drug-likeness (QED) is 0.876. The minimum Gasteiger partial charge on any atom is -0.496 e. The minimum absolute atomic E-state index is 0.563. The van der Waals surface area contributed by atoms with Crippen molar-refractivity contribution in [1.29, 1.82) is 0 Å². The van der Waals surface area contributed by atoms with E-state index in [9.17, 15) is 0 Å². The summed E-state index contributed by atoms with van der Waals surface area (Å²) in [7, 11) is 4.83. The lowest BCUT2D eigenvalue weighted by atomic mass is 10.1. The zero-order valence-corrected chi connectivity index (χ0v) is 13.0. The Kier molecular flexibility index (Phi) is 5.17. The van der Waals surface area contributed by atoms with E-state index >= 15 is 0 Å². The number of ether oxygens (including phenoxy) is 3. The predicted molar refractivity (Wildman–Crippen MR) is 84.9 cm³/mol. The highest BCUT2D eigenvalue weighted by molar-refractivity contribution is 6.33. The van der Waals surface area contributed by atoms with E-state index in [0.717, 1.165) is 17.0 Å². The van der Waals surface area contributed by atoms with Crippen molar-refractivity contribution < 1.29 is 14.2 Å². The fourth-order valence-electron chi connectivity index (χ4n) is 2.03. The van der Waals surface area contributed by atoms with Crippen molar-refractivity contribution in [1.82, 2.24) is 0 Å². The number of anilines is 1. The van der Waals surface area contributed by atoms with Crippen molar-refractivity contribution in [3.63, 3.8) is 0 Å². The molecule has 0 bridgehead atoms. The molecule has 0 amide bonds. The lowest BCUT2D eigenvalue weighted by molar-refractivity contribution is 0.347. The molecule has 4 nitrogen and oxygen atoms in total. The first-order valence-electron chi connectivity index (χ1n) is 6.47. The van der Waals surface area contributed by atoms with Crippen LogP contribution in [-0.2, 0) is 6.54 Å². The van der Waals surface area contributed by atoms with Crippen molar-refractivity contribution in [2.45, 2.75) is 6.54 Å². The molecule has 0 heterocycles. The molecule has 0 aliphatic rings. The van der Waals surface area contributed by atoms with Gasteiger partial charge in [-0.1, -0.05) is 23.7 Å². The van der Waals surface area contributed by atoms with Gasteiger partial charge in [0.1, 0.15) is 5.75 Å². The number of hydrogen-bond donors (Lipinski definition) is 1. The van der Waals surface area contributed by atoms with Crippen molar-refractivity contribution in [2.24, 2.45) is 0 Å². The normalized spacial score (nSPS) is 10.1. The lowest BCUT2D eigenvalue weighted by Crippen LogP contribution is -2.03. The third-order valence-corrected chi connectivity index (χ3v) is 3.46. The fourth-order valence-corrected chi connectivity index (χ4v) is 2.23. The Labute approximate surface area is 129 Å². The Balaban J connectivity index is 2.25. The molecule has 0 atom stereocenters. The largest absolute Gasteiger partial charge is 0.496 e. The monoisotopic (exact) mass is 307 g/mol. The Hall–Kier alpha value is -2.07. The summed E-state index contributed by atoms with van der Waals surface area (Å²) < 4.78 is 16.0. The van der Waals surface area contributed by atoms with Gasteiger partial charge >= 0.3 is 0 Å². The van der Waals surface area contributed by atoms with E-state index in [2.05, 4.69) is 5.32 Å². The van der Waals surface area contributed by atoms with Gasteiger partial charge in [-0.3, -0.25) is 0 Å². The predicted octanol–water partition coefficient (Wildman–Crippen LogP) is 3.98. The van der Waals surface area contributed by atoms with Crippen LogP contribution < -0.4 is 19.5 Å². The van der Waals surface area contributed by atoms with E-state index in [4.69, 9.17) is 25.8 Å². The zero-order valence-electron chi connectivity index (χ0n) is 12.3. The first-order valence-corrected chi connectivity index (χ1v) is 6.84. The summed E-state index contributed by atoms with van der Waals surface area (Å²) >= 11 is 6.13. The van der Waals surface area contributed by atoms with Crippen molar-refractivity contribution >= 4 is 17.3 Å². The molecule has 0 saturated heterocycles. The number of rotatable bonds is 6. The summed E-state index contributed by atoms with van der Waals surface area (Å²) in [6, 6.07) is 11.3. The Morgan fingerprint density at radius 2 is 1.52 bits per heavy atom. The number of benzene rings is 2. The van der Waals surface area contributed by atoms with Gasteiger partial charge in [-0.2, -0.15) is 0 Å². The van der Waals surface area contributed by atoms with E-state index < -0.39 is 0 Å². The number of halogens is 1. The standard InChI is InChI=1S/C16H18ClNO3/c1-19-14-9-16(21-3)15(20-2)8-11(14)10-18-13-7-5-4-6-12(13)17/h4-9,18H,10H2,1-3H3. The third-order valence-electron chi connectivity index (χ3n) is 3.13. The number of para-hydroxylation sites is 1. The van der Waals surface area contributed by atoms with Gasteiger partial charge in [0.25, 0.3) is 0 Å². The maximum absolute atomic E-state index is 6.13. The molecule has 0 aromatic heterocycles. The van der Waals surface area contributed by atoms with E-state index in [0.29, 0.717) is 23.1 Å². The molecule has 2 rings (SSSR count). The first kappa shape index (κ1) is 15.3. The third kappa shape index (κ3) is 3.52. The van der Waals surface area contributed by atoms with Gasteiger partial charge in [0.2, 0.25) is 0 Å². The molecule has 0 aliphatic carbocycles. The van der Waals surface area contributed by atoms with E-state index in [1.165, 1.54) is 0 Å². The molecule has 2 aromatic carbocycles. The summed E-state index contributed by atoms with van der Waals surface area (Å²) in [4.78, 5) is 0. The summed E-state index contributed by atoms with van der Waals surface area (Å²) in [6.07, 6.45) is 0. The second-order valence-corrected chi connectivity index (χ2v) is 4.76. The van der Waals surface area contributed by atoms with Gasteiger partial charge in [0.05, 0.1) is 32.0 Å². The maximum atomic E-state index is 6.13. The van der Waals surface area contributed by atoms with Crippen LogP contribution in [0, 0.1) is 0 Å². The van der Waals surface area contributed by atoms with Gasteiger partial charge in [-0.05, 0) is 18.2 Å². The maximum Gasteiger partial charge on any atom is 0.164 e. The molecule has 0 spiro atoms. The van der Waals surface area contributed by atoms with Crippen LogP contribution in [0.15, 0.2) is 36.4 Å². The van der Waals surface area contributed by atoms with Crippen LogP contribution in [-0.4, -0.2) is 21.3 Å². The van der Waals surface area contributed by atoms with E-state index in [1.807, 2.05) is 36.4 Å². The lowest BCUT2D eigenvalue weighted by Gasteiger charge is -2.15. The first-order chi connectivity index (χ1) is 10.2. The van der Waals surface area contributed by atoms with Gasteiger partial charge in [-0.15, -0.1) is 0 Å². The van der Waals surface area contributed by atoms with Crippen molar-refractivity contribution in [3.8, 4) is 17.2 Å². The van der Waals surface area contributed by atoms with Crippen LogP contribution in [0.3, 0.4) is 0 Å². The molecule has 21 heavy (non-hydrogen) atoms. The van der Waals surface area contributed by atoms with Gasteiger partial charge in [-0.25, -0.2) is 0 Å². The van der Waals surface area contributed by atoms with E-state index in [1.54, 1.807) is 21.3 Å². The highest BCUT2D eigenvalue weighted by Crippen LogP contribution is 2.35. The Bertz CT molecular complexity index is 616. The fraction of sp³-hybridized carbons (Fsp3) is 0.250. The second kappa shape index (κ2) is 7.09.